The lowest BCUT2D eigenvalue weighted by atomic mass is 10.1. The Kier molecular flexibility index (Phi) is 2.11. The fourth-order valence-electron chi connectivity index (χ4n) is 1.31. The van der Waals surface area contributed by atoms with Crippen LogP contribution in [-0.2, 0) is 4.57 Å². The molecule has 1 aliphatic rings. The molecule has 4 heteroatoms. The summed E-state index contributed by atoms with van der Waals surface area (Å²) in [5.41, 5.74) is 0.596. The molecule has 66 valence electrons. The highest BCUT2D eigenvalue weighted by molar-refractivity contribution is 7.34. The second-order valence-corrected chi connectivity index (χ2v) is 3.49. The van der Waals surface area contributed by atoms with Gasteiger partial charge in [-0.25, -0.2) is 0 Å². The number of fused-ring (bicyclic) bond motifs is 1. The smallest absolute Gasteiger partial charge is 0.192 e. The Morgan fingerprint density at radius 3 is 3.00 bits per heavy atom. The standard InChI is InChI=1S/C9H7O3P/c10-8-3-4-12-9-5-6(13-11)1-2-7(8)9/h1-2,5H,3-4H2. The third-order valence-electron chi connectivity index (χ3n) is 1.96. The van der Waals surface area contributed by atoms with Crippen molar-refractivity contribution in [3.63, 3.8) is 0 Å². The molecule has 0 fully saturated rings. The Labute approximate surface area is 76.9 Å². The van der Waals surface area contributed by atoms with Crippen LogP contribution in [0.1, 0.15) is 16.8 Å². The fourth-order valence-corrected chi connectivity index (χ4v) is 1.61. The van der Waals surface area contributed by atoms with Crippen molar-refractivity contribution in [3.8, 4) is 5.75 Å². The van der Waals surface area contributed by atoms with Crippen LogP contribution in [0, 0.1) is 0 Å². The second kappa shape index (κ2) is 3.27. The van der Waals surface area contributed by atoms with Crippen molar-refractivity contribution in [3.05, 3.63) is 23.8 Å². The van der Waals surface area contributed by atoms with Crippen molar-refractivity contribution in [2.24, 2.45) is 0 Å². The SMILES string of the molecule is O=Pc1ccc2c(c1)OCCC2=O. The maximum absolute atomic E-state index is 11.3. The van der Waals surface area contributed by atoms with Gasteiger partial charge in [0.05, 0.1) is 12.2 Å². The van der Waals surface area contributed by atoms with Crippen molar-refractivity contribution >= 4 is 19.5 Å². The quantitative estimate of drug-likeness (QED) is 0.637. The molecule has 0 bridgehead atoms. The van der Waals surface area contributed by atoms with E-state index < -0.39 is 0 Å². The first-order chi connectivity index (χ1) is 6.31. The van der Waals surface area contributed by atoms with E-state index in [0.717, 1.165) is 0 Å². The lowest BCUT2D eigenvalue weighted by Crippen LogP contribution is -2.16. The average molecular weight is 194 g/mol. The molecule has 1 heterocycles. The molecular weight excluding hydrogens is 187 g/mol. The van der Waals surface area contributed by atoms with Crippen LogP contribution in [0.5, 0.6) is 5.75 Å². The Balaban J connectivity index is 2.51. The van der Waals surface area contributed by atoms with E-state index in [1.165, 1.54) is 0 Å². The number of benzene rings is 1. The maximum atomic E-state index is 11.3. The first kappa shape index (κ1) is 8.39. The molecule has 0 atom stereocenters. The number of carbonyl (C=O) groups excluding carboxylic acids is 1. The van der Waals surface area contributed by atoms with Gasteiger partial charge in [-0.3, -0.25) is 9.36 Å². The van der Waals surface area contributed by atoms with Gasteiger partial charge in [0.1, 0.15) is 5.75 Å². The van der Waals surface area contributed by atoms with Gasteiger partial charge in [-0.2, -0.15) is 0 Å². The van der Waals surface area contributed by atoms with E-state index in [0.29, 0.717) is 29.6 Å². The van der Waals surface area contributed by atoms with Crippen LogP contribution < -0.4 is 10.0 Å². The van der Waals surface area contributed by atoms with Crippen molar-refractivity contribution in [1.29, 1.82) is 0 Å². The lowest BCUT2D eigenvalue weighted by Gasteiger charge is -2.15. The van der Waals surface area contributed by atoms with Crippen molar-refractivity contribution in [2.75, 3.05) is 6.61 Å². The minimum atomic E-state index is -0.0481. The fraction of sp³-hybridized carbons (Fsp3) is 0.222. The largest absolute Gasteiger partial charge is 0.492 e. The highest BCUT2D eigenvalue weighted by Crippen LogP contribution is 2.23. The highest BCUT2D eigenvalue weighted by atomic mass is 31.1. The average Bonchev–Trinajstić information content (AvgIpc) is 2.18. The van der Waals surface area contributed by atoms with Crippen molar-refractivity contribution in [2.45, 2.75) is 6.42 Å². The van der Waals surface area contributed by atoms with Crippen LogP contribution in [0.25, 0.3) is 0 Å². The monoisotopic (exact) mass is 194 g/mol. The van der Waals surface area contributed by atoms with Crippen molar-refractivity contribution in [1.82, 2.24) is 0 Å². The van der Waals surface area contributed by atoms with Crippen LogP contribution in [0.3, 0.4) is 0 Å². The predicted molar refractivity (Wildman–Crippen MR) is 48.1 cm³/mol. The van der Waals surface area contributed by atoms with Crippen LogP contribution in [0.2, 0.25) is 0 Å². The molecule has 0 unspecified atom stereocenters. The number of hydrogen-bond acceptors (Lipinski definition) is 3. The molecule has 1 aliphatic heterocycles. The molecule has 13 heavy (non-hydrogen) atoms. The number of carbonyl (C=O) groups is 1. The van der Waals surface area contributed by atoms with Gasteiger partial charge in [0.2, 0.25) is 0 Å². The van der Waals surface area contributed by atoms with Gasteiger partial charge in [-0.15, -0.1) is 0 Å². The van der Waals surface area contributed by atoms with E-state index in [9.17, 15) is 9.36 Å². The van der Waals surface area contributed by atoms with Crippen LogP contribution >= 0.6 is 8.46 Å². The minimum Gasteiger partial charge on any atom is -0.492 e. The molecule has 0 N–H and O–H groups in total. The summed E-state index contributed by atoms with van der Waals surface area (Å²) in [6.07, 6.45) is 0.432. The summed E-state index contributed by atoms with van der Waals surface area (Å²) < 4.78 is 15.8. The van der Waals surface area contributed by atoms with Crippen LogP contribution in [0.4, 0.5) is 0 Å². The first-order valence-corrected chi connectivity index (χ1v) is 4.76. The predicted octanol–water partition coefficient (Wildman–Crippen LogP) is 1.57. The molecular formula is C9H7O3P. The summed E-state index contributed by atoms with van der Waals surface area (Å²) in [6, 6.07) is 4.97. The molecule has 0 saturated carbocycles. The lowest BCUT2D eigenvalue weighted by molar-refractivity contribution is 0.0933. The Morgan fingerprint density at radius 2 is 2.23 bits per heavy atom. The summed E-state index contributed by atoms with van der Waals surface area (Å²) >= 11 is 0. The Hall–Kier alpha value is -1.21. The summed E-state index contributed by atoms with van der Waals surface area (Å²) in [5, 5.41) is 0.633. The number of hydrogen-bond donors (Lipinski definition) is 0. The van der Waals surface area contributed by atoms with E-state index in [1.807, 2.05) is 0 Å². The van der Waals surface area contributed by atoms with Crippen LogP contribution in [0.15, 0.2) is 18.2 Å². The summed E-state index contributed by atoms with van der Waals surface area (Å²) in [4.78, 5) is 11.3. The third-order valence-corrected chi connectivity index (χ3v) is 2.45. The highest BCUT2D eigenvalue weighted by Gasteiger charge is 2.18. The van der Waals surface area contributed by atoms with E-state index in [4.69, 9.17) is 4.74 Å². The Bertz CT molecular complexity index is 373. The maximum Gasteiger partial charge on any atom is 0.192 e. The van der Waals surface area contributed by atoms with E-state index in [-0.39, 0.29) is 14.2 Å². The first-order valence-electron chi connectivity index (χ1n) is 3.94. The summed E-state index contributed by atoms with van der Waals surface area (Å²) in [5.74, 6) is 0.646. The van der Waals surface area contributed by atoms with Crippen LogP contribution in [-0.4, -0.2) is 12.4 Å². The van der Waals surface area contributed by atoms with Gasteiger partial charge in [0.15, 0.2) is 14.2 Å². The zero-order valence-corrected chi connectivity index (χ0v) is 7.71. The molecule has 0 aliphatic carbocycles. The van der Waals surface area contributed by atoms with Gasteiger partial charge in [0.25, 0.3) is 0 Å². The molecule has 0 spiro atoms. The summed E-state index contributed by atoms with van der Waals surface area (Å²) in [6.45, 7) is 0.422. The zero-order valence-electron chi connectivity index (χ0n) is 6.82. The number of Topliss-reactive ketones (excluding diaryl/α,β-unsaturated/α-hetero) is 1. The third kappa shape index (κ3) is 1.47. The molecule has 0 aromatic heterocycles. The normalized spacial score (nSPS) is 15.2. The second-order valence-electron chi connectivity index (χ2n) is 2.79. The molecule has 0 radical (unpaired) electrons. The van der Waals surface area contributed by atoms with Gasteiger partial charge >= 0.3 is 0 Å². The van der Waals surface area contributed by atoms with Gasteiger partial charge < -0.3 is 4.74 Å². The van der Waals surface area contributed by atoms with Crippen molar-refractivity contribution < 1.29 is 14.1 Å². The number of ketones is 1. The van der Waals surface area contributed by atoms with E-state index in [2.05, 4.69) is 0 Å². The Morgan fingerprint density at radius 1 is 1.38 bits per heavy atom. The topological polar surface area (TPSA) is 43.4 Å². The van der Waals surface area contributed by atoms with E-state index >= 15 is 0 Å². The van der Waals surface area contributed by atoms with Gasteiger partial charge in [-0.1, -0.05) is 0 Å². The molecule has 2 rings (SSSR count). The molecule has 1 aromatic carbocycles. The number of rotatable bonds is 1. The molecule has 0 saturated heterocycles. The van der Waals surface area contributed by atoms with Gasteiger partial charge in [-0.05, 0) is 18.2 Å². The van der Waals surface area contributed by atoms with E-state index in [1.54, 1.807) is 18.2 Å². The molecule has 3 nitrogen and oxygen atoms in total. The minimum absolute atomic E-state index is 0.0481. The number of ether oxygens (including phenoxy) is 1. The van der Waals surface area contributed by atoms with Gasteiger partial charge in [0, 0.05) is 11.7 Å². The summed E-state index contributed by atoms with van der Waals surface area (Å²) in [7, 11) is -0.0481. The zero-order chi connectivity index (χ0) is 9.26. The molecule has 0 amide bonds. The molecule has 1 aromatic rings.